The zero-order chi connectivity index (χ0) is 16.5. The van der Waals surface area contributed by atoms with Crippen molar-refractivity contribution in [2.24, 2.45) is 17.8 Å². The number of hydrogen-bond acceptors (Lipinski definition) is 2. The number of benzene rings is 1. The fourth-order valence-corrected chi connectivity index (χ4v) is 4.43. The van der Waals surface area contributed by atoms with Crippen LogP contribution in [0.2, 0.25) is 0 Å². The lowest BCUT2D eigenvalue weighted by Crippen LogP contribution is -2.50. The Bertz CT molecular complexity index is 611. The Balaban J connectivity index is 1.42. The van der Waals surface area contributed by atoms with Gasteiger partial charge in [0.1, 0.15) is 6.04 Å². The van der Waals surface area contributed by atoms with Gasteiger partial charge in [0.2, 0.25) is 11.8 Å². The quantitative estimate of drug-likeness (QED) is 0.843. The molecular weight excluding hydrogens is 300 g/mol. The molecule has 0 aromatic heterocycles. The van der Waals surface area contributed by atoms with Crippen LogP contribution >= 0.6 is 0 Å². The largest absolute Gasteiger partial charge is 0.352 e. The average Bonchev–Trinajstić information content (AvgIpc) is 3.15. The zero-order valence-electron chi connectivity index (χ0n) is 14.0. The molecule has 4 atom stereocenters. The van der Waals surface area contributed by atoms with Crippen LogP contribution in [0.1, 0.15) is 44.1 Å². The van der Waals surface area contributed by atoms with E-state index in [1.54, 1.807) is 0 Å². The Morgan fingerprint density at radius 1 is 1.04 bits per heavy atom. The van der Waals surface area contributed by atoms with Crippen molar-refractivity contribution in [2.45, 2.75) is 57.0 Å². The van der Waals surface area contributed by atoms with Crippen LogP contribution in [0.5, 0.6) is 0 Å². The van der Waals surface area contributed by atoms with Gasteiger partial charge in [-0.3, -0.25) is 9.59 Å². The van der Waals surface area contributed by atoms with Crippen molar-refractivity contribution in [1.82, 2.24) is 10.6 Å². The summed E-state index contributed by atoms with van der Waals surface area (Å²) in [6.45, 7) is 0. The molecule has 2 N–H and O–H groups in total. The minimum Gasteiger partial charge on any atom is -0.352 e. The maximum Gasteiger partial charge on any atom is 0.243 e. The summed E-state index contributed by atoms with van der Waals surface area (Å²) in [6.07, 6.45) is 7.36. The van der Waals surface area contributed by atoms with Gasteiger partial charge in [0, 0.05) is 18.4 Å². The van der Waals surface area contributed by atoms with Gasteiger partial charge >= 0.3 is 0 Å². The lowest BCUT2D eigenvalue weighted by molar-refractivity contribution is -0.132. The van der Waals surface area contributed by atoms with E-state index < -0.39 is 6.04 Å². The molecule has 2 bridgehead atoms. The summed E-state index contributed by atoms with van der Waals surface area (Å²) in [4.78, 5) is 25.3. The molecule has 0 spiro atoms. The summed E-state index contributed by atoms with van der Waals surface area (Å²) in [6, 6.07) is 9.81. The summed E-state index contributed by atoms with van der Waals surface area (Å²) >= 11 is 0. The predicted octanol–water partition coefficient (Wildman–Crippen LogP) is 2.43. The molecule has 3 fully saturated rings. The van der Waals surface area contributed by atoms with Crippen molar-refractivity contribution in [2.75, 3.05) is 0 Å². The number of carbonyl (C=O) groups excluding carboxylic acids is 2. The second kappa shape index (κ2) is 6.58. The maximum absolute atomic E-state index is 12.8. The highest BCUT2D eigenvalue weighted by molar-refractivity contribution is 5.89. The number of rotatable bonds is 6. The van der Waals surface area contributed by atoms with E-state index >= 15 is 0 Å². The minimum atomic E-state index is -0.459. The molecule has 2 amide bonds. The molecule has 0 heterocycles. The molecule has 24 heavy (non-hydrogen) atoms. The van der Waals surface area contributed by atoms with Crippen LogP contribution in [-0.2, 0) is 16.0 Å². The Morgan fingerprint density at radius 3 is 2.46 bits per heavy atom. The van der Waals surface area contributed by atoms with Crippen molar-refractivity contribution in [3.63, 3.8) is 0 Å². The van der Waals surface area contributed by atoms with E-state index in [0.717, 1.165) is 30.7 Å². The van der Waals surface area contributed by atoms with E-state index in [2.05, 4.69) is 10.6 Å². The Kier molecular flexibility index (Phi) is 4.30. The second-order valence-electron chi connectivity index (χ2n) is 7.82. The Labute approximate surface area is 143 Å². The van der Waals surface area contributed by atoms with Gasteiger partial charge in [0.05, 0.1) is 0 Å². The van der Waals surface area contributed by atoms with E-state index in [-0.39, 0.29) is 17.7 Å². The van der Waals surface area contributed by atoms with Gasteiger partial charge in [0.15, 0.2) is 0 Å². The van der Waals surface area contributed by atoms with Crippen LogP contribution in [0.15, 0.2) is 30.3 Å². The minimum absolute atomic E-state index is 0.0298. The van der Waals surface area contributed by atoms with Gasteiger partial charge in [0.25, 0.3) is 0 Å². The average molecular weight is 326 g/mol. The van der Waals surface area contributed by atoms with Gasteiger partial charge in [-0.05, 0) is 49.5 Å². The third-order valence-corrected chi connectivity index (χ3v) is 5.91. The normalized spacial score (nSPS) is 29.2. The Hall–Kier alpha value is -1.84. The van der Waals surface area contributed by atoms with Crippen molar-refractivity contribution in [1.29, 1.82) is 0 Å². The van der Waals surface area contributed by atoms with Crippen LogP contribution in [0, 0.1) is 17.8 Å². The first kappa shape index (κ1) is 15.7. The third-order valence-electron chi connectivity index (χ3n) is 5.91. The van der Waals surface area contributed by atoms with Crippen molar-refractivity contribution >= 4 is 11.8 Å². The van der Waals surface area contributed by atoms with E-state index in [4.69, 9.17) is 0 Å². The molecule has 0 unspecified atom stereocenters. The van der Waals surface area contributed by atoms with E-state index in [1.165, 1.54) is 19.3 Å². The van der Waals surface area contributed by atoms with Crippen molar-refractivity contribution in [3.05, 3.63) is 35.9 Å². The molecule has 128 valence electrons. The van der Waals surface area contributed by atoms with Gasteiger partial charge in [-0.15, -0.1) is 0 Å². The van der Waals surface area contributed by atoms with Crippen LogP contribution in [0.3, 0.4) is 0 Å². The molecule has 0 saturated heterocycles. The molecule has 4 heteroatoms. The molecule has 0 aliphatic heterocycles. The van der Waals surface area contributed by atoms with Crippen LogP contribution < -0.4 is 10.6 Å². The highest BCUT2D eigenvalue weighted by Gasteiger charge is 2.43. The van der Waals surface area contributed by atoms with Gasteiger partial charge < -0.3 is 10.6 Å². The predicted molar refractivity (Wildman–Crippen MR) is 92.2 cm³/mol. The molecule has 1 aromatic carbocycles. The summed E-state index contributed by atoms with van der Waals surface area (Å²) in [5, 5.41) is 6.12. The van der Waals surface area contributed by atoms with E-state index in [9.17, 15) is 9.59 Å². The molecule has 4 rings (SSSR count). The van der Waals surface area contributed by atoms with Crippen molar-refractivity contribution in [3.8, 4) is 0 Å². The Morgan fingerprint density at radius 2 is 1.83 bits per heavy atom. The molecule has 3 aliphatic rings. The van der Waals surface area contributed by atoms with Crippen molar-refractivity contribution < 1.29 is 9.59 Å². The van der Waals surface area contributed by atoms with Gasteiger partial charge in [-0.1, -0.05) is 36.8 Å². The van der Waals surface area contributed by atoms with Crippen LogP contribution in [0.4, 0.5) is 0 Å². The monoisotopic (exact) mass is 326 g/mol. The molecule has 1 aromatic rings. The number of amides is 2. The fraction of sp³-hybridized carbons (Fsp3) is 0.600. The summed E-state index contributed by atoms with van der Waals surface area (Å²) < 4.78 is 0. The fourth-order valence-electron chi connectivity index (χ4n) is 4.43. The first-order chi connectivity index (χ1) is 11.7. The first-order valence-corrected chi connectivity index (χ1v) is 9.33. The summed E-state index contributed by atoms with van der Waals surface area (Å²) in [7, 11) is 0. The number of hydrogen-bond donors (Lipinski definition) is 2. The molecule has 3 aliphatic carbocycles. The SMILES string of the molecule is O=C(N[C@H](Cc1ccccc1)C(=O)NC1CC1)[C@H]1C[C@H]2CC[C@H]1C2. The van der Waals surface area contributed by atoms with Gasteiger partial charge in [-0.2, -0.15) is 0 Å². The van der Waals surface area contributed by atoms with Gasteiger partial charge in [-0.25, -0.2) is 0 Å². The second-order valence-corrected chi connectivity index (χ2v) is 7.82. The van der Waals surface area contributed by atoms with Crippen LogP contribution in [0.25, 0.3) is 0 Å². The zero-order valence-corrected chi connectivity index (χ0v) is 14.0. The maximum atomic E-state index is 12.8. The first-order valence-electron chi connectivity index (χ1n) is 9.33. The number of carbonyl (C=O) groups is 2. The molecule has 4 nitrogen and oxygen atoms in total. The molecule has 3 saturated carbocycles. The topological polar surface area (TPSA) is 58.2 Å². The van der Waals surface area contributed by atoms with Crippen LogP contribution in [-0.4, -0.2) is 23.9 Å². The van der Waals surface area contributed by atoms with E-state index in [0.29, 0.717) is 18.4 Å². The molecular formula is C20H26N2O2. The standard InChI is InChI=1S/C20H26N2O2/c23-19(17-11-14-6-7-15(17)10-14)22-18(20(24)21-16-8-9-16)12-13-4-2-1-3-5-13/h1-5,14-18H,6-12H2,(H,21,24)(H,22,23)/t14-,15-,17-,18+/m0/s1. The smallest absolute Gasteiger partial charge is 0.243 e. The number of nitrogens with one attached hydrogen (secondary N) is 2. The lowest BCUT2D eigenvalue weighted by atomic mass is 9.88. The molecule has 0 radical (unpaired) electrons. The third kappa shape index (κ3) is 3.47. The lowest BCUT2D eigenvalue weighted by Gasteiger charge is -2.25. The summed E-state index contributed by atoms with van der Waals surface area (Å²) in [5.41, 5.74) is 1.08. The summed E-state index contributed by atoms with van der Waals surface area (Å²) in [5.74, 6) is 1.46. The number of fused-ring (bicyclic) bond motifs is 2. The highest BCUT2D eigenvalue weighted by Crippen LogP contribution is 2.48. The highest BCUT2D eigenvalue weighted by atomic mass is 16.2. The van der Waals surface area contributed by atoms with E-state index in [1.807, 2.05) is 30.3 Å².